The largest absolute Gasteiger partial charge is 0.315 e. The molecule has 3 rings (SSSR count). The van der Waals surface area contributed by atoms with Crippen molar-refractivity contribution in [3.05, 3.63) is 33.8 Å². The predicted molar refractivity (Wildman–Crippen MR) is 80.9 cm³/mol. The standard InChI is InChI=1S/C15H20Cl2N2/c16-13-5-12(6-14(17)7-13)10-19(9-11-1-2-11)15-3-4-18-8-15/h5-7,11,15,18H,1-4,8-10H2. The molecule has 2 nitrogen and oxygen atoms in total. The Hall–Kier alpha value is -0.280. The monoisotopic (exact) mass is 298 g/mol. The average molecular weight is 299 g/mol. The lowest BCUT2D eigenvalue weighted by Crippen LogP contribution is -2.37. The summed E-state index contributed by atoms with van der Waals surface area (Å²) in [7, 11) is 0. The molecule has 1 saturated carbocycles. The minimum Gasteiger partial charge on any atom is -0.315 e. The van der Waals surface area contributed by atoms with Crippen LogP contribution in [0.3, 0.4) is 0 Å². The first-order chi connectivity index (χ1) is 9.20. The predicted octanol–water partition coefficient (Wildman–Crippen LogP) is 3.57. The van der Waals surface area contributed by atoms with Crippen LogP contribution in [-0.4, -0.2) is 30.6 Å². The van der Waals surface area contributed by atoms with E-state index in [1.54, 1.807) is 6.07 Å². The maximum Gasteiger partial charge on any atom is 0.0424 e. The molecule has 2 aliphatic rings. The maximum atomic E-state index is 6.10. The van der Waals surface area contributed by atoms with E-state index in [0.717, 1.165) is 35.6 Å². The van der Waals surface area contributed by atoms with Gasteiger partial charge in [-0.15, -0.1) is 0 Å². The van der Waals surface area contributed by atoms with E-state index in [1.807, 2.05) is 12.1 Å². The molecular formula is C15H20Cl2N2. The summed E-state index contributed by atoms with van der Waals surface area (Å²) >= 11 is 12.2. The third-order valence-corrected chi connectivity index (χ3v) is 4.48. The Morgan fingerprint density at radius 2 is 1.84 bits per heavy atom. The van der Waals surface area contributed by atoms with Gasteiger partial charge in [0.1, 0.15) is 0 Å². The fourth-order valence-corrected chi connectivity index (χ4v) is 3.43. The molecule has 104 valence electrons. The number of hydrogen-bond acceptors (Lipinski definition) is 2. The normalized spacial score (nSPS) is 23.2. The van der Waals surface area contributed by atoms with Gasteiger partial charge in [-0.25, -0.2) is 0 Å². The van der Waals surface area contributed by atoms with Crippen molar-refractivity contribution in [2.75, 3.05) is 19.6 Å². The van der Waals surface area contributed by atoms with Gasteiger partial charge in [-0.05, 0) is 55.5 Å². The van der Waals surface area contributed by atoms with E-state index in [2.05, 4.69) is 10.2 Å². The highest BCUT2D eigenvalue weighted by molar-refractivity contribution is 6.34. The zero-order chi connectivity index (χ0) is 13.2. The van der Waals surface area contributed by atoms with E-state index >= 15 is 0 Å². The highest BCUT2D eigenvalue weighted by Crippen LogP contribution is 2.32. The molecule has 1 aromatic carbocycles. The molecule has 1 aliphatic heterocycles. The molecule has 2 fully saturated rings. The van der Waals surface area contributed by atoms with Crippen LogP contribution in [0.4, 0.5) is 0 Å². The van der Waals surface area contributed by atoms with Gasteiger partial charge >= 0.3 is 0 Å². The van der Waals surface area contributed by atoms with Crippen molar-refractivity contribution in [3.8, 4) is 0 Å². The summed E-state index contributed by atoms with van der Waals surface area (Å²) in [5.74, 6) is 0.912. The first-order valence-electron chi connectivity index (χ1n) is 7.10. The summed E-state index contributed by atoms with van der Waals surface area (Å²) in [4.78, 5) is 2.61. The Balaban J connectivity index is 1.71. The average Bonchev–Trinajstić information content (AvgIpc) is 2.99. The zero-order valence-corrected chi connectivity index (χ0v) is 12.6. The number of rotatable bonds is 5. The summed E-state index contributed by atoms with van der Waals surface area (Å²) in [6.45, 7) is 4.43. The number of nitrogens with zero attached hydrogens (tertiary/aromatic N) is 1. The van der Waals surface area contributed by atoms with E-state index in [9.17, 15) is 0 Å². The maximum absolute atomic E-state index is 6.10. The van der Waals surface area contributed by atoms with Crippen LogP contribution in [0.1, 0.15) is 24.8 Å². The third-order valence-electron chi connectivity index (χ3n) is 4.05. The molecule has 0 bridgehead atoms. The second-order valence-electron chi connectivity index (χ2n) is 5.80. The van der Waals surface area contributed by atoms with E-state index in [0.29, 0.717) is 6.04 Å². The van der Waals surface area contributed by atoms with Gasteiger partial charge in [-0.2, -0.15) is 0 Å². The number of benzene rings is 1. The Morgan fingerprint density at radius 1 is 1.11 bits per heavy atom. The molecule has 0 spiro atoms. The quantitative estimate of drug-likeness (QED) is 0.894. The molecule has 0 amide bonds. The van der Waals surface area contributed by atoms with Crippen LogP contribution in [0.2, 0.25) is 10.0 Å². The lowest BCUT2D eigenvalue weighted by molar-refractivity contribution is 0.190. The fourth-order valence-electron chi connectivity index (χ4n) is 2.86. The van der Waals surface area contributed by atoms with E-state index in [4.69, 9.17) is 23.2 Å². The molecule has 1 saturated heterocycles. The van der Waals surface area contributed by atoms with Crippen LogP contribution in [-0.2, 0) is 6.54 Å². The molecule has 1 aromatic rings. The molecule has 1 N–H and O–H groups in total. The Labute approximate surface area is 125 Å². The first kappa shape index (κ1) is 13.7. The van der Waals surface area contributed by atoms with Crippen LogP contribution in [0, 0.1) is 5.92 Å². The van der Waals surface area contributed by atoms with Crippen molar-refractivity contribution in [1.82, 2.24) is 10.2 Å². The SMILES string of the molecule is Clc1cc(Cl)cc(CN(CC2CC2)C2CCNC2)c1. The topological polar surface area (TPSA) is 15.3 Å². The Bertz CT molecular complexity index is 420. The van der Waals surface area contributed by atoms with Gasteiger partial charge in [-0.1, -0.05) is 23.2 Å². The molecular weight excluding hydrogens is 279 g/mol. The summed E-state index contributed by atoms with van der Waals surface area (Å²) in [6.07, 6.45) is 4.04. The molecule has 19 heavy (non-hydrogen) atoms. The summed E-state index contributed by atoms with van der Waals surface area (Å²) in [5.41, 5.74) is 1.23. The lowest BCUT2D eigenvalue weighted by Gasteiger charge is -2.28. The second kappa shape index (κ2) is 6.01. The van der Waals surface area contributed by atoms with Crippen molar-refractivity contribution < 1.29 is 0 Å². The minimum atomic E-state index is 0.665. The number of halogens is 2. The van der Waals surface area contributed by atoms with Gasteiger partial charge < -0.3 is 5.32 Å². The van der Waals surface area contributed by atoms with Gasteiger partial charge in [0, 0.05) is 35.7 Å². The Morgan fingerprint density at radius 3 is 2.42 bits per heavy atom. The number of hydrogen-bond donors (Lipinski definition) is 1. The molecule has 0 radical (unpaired) electrons. The van der Waals surface area contributed by atoms with Crippen LogP contribution in [0.15, 0.2) is 18.2 Å². The summed E-state index contributed by atoms with van der Waals surface area (Å²) < 4.78 is 0. The van der Waals surface area contributed by atoms with Crippen LogP contribution < -0.4 is 5.32 Å². The molecule has 1 atom stereocenters. The van der Waals surface area contributed by atoms with Crippen LogP contribution in [0.5, 0.6) is 0 Å². The Kier molecular flexibility index (Phi) is 4.33. The van der Waals surface area contributed by atoms with E-state index in [1.165, 1.54) is 31.4 Å². The highest BCUT2D eigenvalue weighted by atomic mass is 35.5. The summed E-state index contributed by atoms with van der Waals surface area (Å²) in [6, 6.07) is 6.54. The van der Waals surface area contributed by atoms with Gasteiger partial charge in [-0.3, -0.25) is 4.90 Å². The smallest absolute Gasteiger partial charge is 0.0424 e. The molecule has 4 heteroatoms. The first-order valence-corrected chi connectivity index (χ1v) is 7.86. The third kappa shape index (κ3) is 3.85. The highest BCUT2D eigenvalue weighted by Gasteiger charge is 2.29. The molecule has 1 aliphatic carbocycles. The zero-order valence-electron chi connectivity index (χ0n) is 11.0. The van der Waals surface area contributed by atoms with Gasteiger partial charge in [0.25, 0.3) is 0 Å². The van der Waals surface area contributed by atoms with Crippen molar-refractivity contribution in [2.45, 2.75) is 31.8 Å². The van der Waals surface area contributed by atoms with Crippen molar-refractivity contribution >= 4 is 23.2 Å². The van der Waals surface area contributed by atoms with Crippen LogP contribution in [0.25, 0.3) is 0 Å². The van der Waals surface area contributed by atoms with Crippen molar-refractivity contribution in [1.29, 1.82) is 0 Å². The van der Waals surface area contributed by atoms with Gasteiger partial charge in [0.05, 0.1) is 0 Å². The minimum absolute atomic E-state index is 0.665. The van der Waals surface area contributed by atoms with Gasteiger partial charge in [0.15, 0.2) is 0 Å². The van der Waals surface area contributed by atoms with Crippen molar-refractivity contribution in [3.63, 3.8) is 0 Å². The van der Waals surface area contributed by atoms with E-state index < -0.39 is 0 Å². The molecule has 0 aromatic heterocycles. The summed E-state index contributed by atoms with van der Waals surface area (Å²) in [5, 5.41) is 4.93. The van der Waals surface area contributed by atoms with Crippen molar-refractivity contribution in [2.24, 2.45) is 5.92 Å². The van der Waals surface area contributed by atoms with E-state index in [-0.39, 0.29) is 0 Å². The second-order valence-corrected chi connectivity index (χ2v) is 6.67. The fraction of sp³-hybridized carbons (Fsp3) is 0.600. The molecule has 1 unspecified atom stereocenters. The lowest BCUT2D eigenvalue weighted by atomic mass is 10.1. The number of nitrogens with one attached hydrogen (secondary N) is 1. The van der Waals surface area contributed by atoms with Crippen LogP contribution >= 0.6 is 23.2 Å². The molecule has 1 heterocycles. The van der Waals surface area contributed by atoms with Gasteiger partial charge in [0.2, 0.25) is 0 Å².